The van der Waals surface area contributed by atoms with Crippen molar-refractivity contribution >= 4 is 34.2 Å². The number of carbonyl (C=O) groups is 1. The molecule has 3 aromatic heterocycles. The van der Waals surface area contributed by atoms with Gasteiger partial charge >= 0.3 is 0 Å². The van der Waals surface area contributed by atoms with Gasteiger partial charge in [-0.2, -0.15) is 0 Å². The van der Waals surface area contributed by atoms with Crippen molar-refractivity contribution in [2.24, 2.45) is 5.92 Å². The number of rotatable bonds is 8. The van der Waals surface area contributed by atoms with Crippen LogP contribution in [0.25, 0.3) is 22.3 Å². The third-order valence-electron chi connectivity index (χ3n) is 4.33. The number of hydrogen-bond acceptors (Lipinski definition) is 5. The van der Waals surface area contributed by atoms with Crippen LogP contribution >= 0.6 is 11.6 Å². The molecule has 0 saturated carbocycles. The maximum Gasteiger partial charge on any atom is 0.239 e. The van der Waals surface area contributed by atoms with E-state index in [1.165, 1.54) is 6.20 Å². The number of carbonyl (C=O) groups excluding carboxylic acids is 1. The average Bonchev–Trinajstić information content (AvgIpc) is 3.07. The van der Waals surface area contributed by atoms with Gasteiger partial charge in [-0.15, -0.1) is 0 Å². The zero-order chi connectivity index (χ0) is 20.3. The Morgan fingerprint density at radius 3 is 2.79 bits per heavy atom. The number of aromatic nitrogens is 4. The van der Waals surface area contributed by atoms with Crippen LogP contribution in [-0.4, -0.2) is 38.2 Å². The SMILES string of the molecule is CC(C)[C@@H](Nc1cncc(-c2c[nH]c3ncc(Cl)cc23)n1)C(=O)CCC(F)F. The fourth-order valence-corrected chi connectivity index (χ4v) is 3.10. The van der Waals surface area contributed by atoms with Gasteiger partial charge in [0.15, 0.2) is 5.78 Å². The third kappa shape index (κ3) is 4.62. The molecule has 9 heteroatoms. The van der Waals surface area contributed by atoms with Gasteiger partial charge in [0, 0.05) is 36.2 Å². The highest BCUT2D eigenvalue weighted by Gasteiger charge is 2.23. The van der Waals surface area contributed by atoms with Crippen molar-refractivity contribution < 1.29 is 13.6 Å². The molecule has 0 fully saturated rings. The third-order valence-corrected chi connectivity index (χ3v) is 4.54. The molecule has 0 aliphatic heterocycles. The predicted octanol–water partition coefficient (Wildman–Crippen LogP) is 4.72. The van der Waals surface area contributed by atoms with Gasteiger partial charge in [0.05, 0.1) is 29.2 Å². The minimum atomic E-state index is -2.50. The molecule has 0 spiro atoms. The number of alkyl halides is 2. The van der Waals surface area contributed by atoms with E-state index in [9.17, 15) is 13.6 Å². The molecule has 0 aliphatic rings. The minimum Gasteiger partial charge on any atom is -0.359 e. The molecule has 3 rings (SSSR count). The van der Waals surface area contributed by atoms with Crippen LogP contribution in [0.1, 0.15) is 26.7 Å². The number of anilines is 1. The molecule has 0 radical (unpaired) electrons. The second-order valence-electron chi connectivity index (χ2n) is 6.80. The summed E-state index contributed by atoms with van der Waals surface area (Å²) in [4.78, 5) is 28.3. The van der Waals surface area contributed by atoms with Crippen molar-refractivity contribution in [3.63, 3.8) is 0 Å². The van der Waals surface area contributed by atoms with Crippen molar-refractivity contribution in [2.45, 2.75) is 39.2 Å². The maximum atomic E-state index is 12.4. The summed E-state index contributed by atoms with van der Waals surface area (Å²) in [5, 5.41) is 4.34. The Morgan fingerprint density at radius 1 is 1.29 bits per heavy atom. The molecule has 1 atom stereocenters. The fourth-order valence-electron chi connectivity index (χ4n) is 2.94. The number of halogens is 3. The largest absolute Gasteiger partial charge is 0.359 e. The van der Waals surface area contributed by atoms with Crippen LogP contribution in [0, 0.1) is 5.92 Å². The van der Waals surface area contributed by atoms with Gasteiger partial charge in [0.1, 0.15) is 11.5 Å². The number of H-pyrrole nitrogens is 1. The zero-order valence-corrected chi connectivity index (χ0v) is 16.2. The summed E-state index contributed by atoms with van der Waals surface area (Å²) in [5.41, 5.74) is 2.01. The number of pyridine rings is 1. The normalized spacial score (nSPS) is 12.7. The quantitative estimate of drug-likeness (QED) is 0.564. The lowest BCUT2D eigenvalue weighted by Gasteiger charge is -2.21. The van der Waals surface area contributed by atoms with Crippen LogP contribution in [0.15, 0.2) is 30.9 Å². The zero-order valence-electron chi connectivity index (χ0n) is 15.4. The van der Waals surface area contributed by atoms with Crippen LogP contribution in [0.5, 0.6) is 0 Å². The van der Waals surface area contributed by atoms with Crippen molar-refractivity contribution in [3.05, 3.63) is 35.9 Å². The predicted molar refractivity (Wildman–Crippen MR) is 105 cm³/mol. The second-order valence-corrected chi connectivity index (χ2v) is 7.24. The molecule has 0 aliphatic carbocycles. The number of fused-ring (bicyclic) bond motifs is 1. The van der Waals surface area contributed by atoms with E-state index in [1.54, 1.807) is 24.7 Å². The second kappa shape index (κ2) is 8.60. The van der Waals surface area contributed by atoms with Gasteiger partial charge in [-0.3, -0.25) is 9.78 Å². The molecule has 0 amide bonds. The first-order valence-electron chi connectivity index (χ1n) is 8.87. The van der Waals surface area contributed by atoms with E-state index < -0.39 is 18.9 Å². The smallest absolute Gasteiger partial charge is 0.239 e. The highest BCUT2D eigenvalue weighted by atomic mass is 35.5. The standard InChI is InChI=1S/C19H20ClF2N5O/c1-10(2)18(15(28)3-4-16(21)22)27-17-9-23-8-14(26-17)13-7-25-19-12(13)5-11(20)6-24-19/h5-10,16,18H,3-4H2,1-2H3,(H,24,25)(H,26,27)/t18-/m1/s1. The van der Waals surface area contributed by atoms with Crippen LogP contribution in [0.2, 0.25) is 5.02 Å². The Kier molecular flexibility index (Phi) is 6.18. The molecule has 6 nitrogen and oxygen atoms in total. The van der Waals surface area contributed by atoms with Crippen LogP contribution < -0.4 is 5.32 Å². The number of nitrogens with one attached hydrogen (secondary N) is 2. The molecular weight excluding hydrogens is 388 g/mol. The van der Waals surface area contributed by atoms with Crippen molar-refractivity contribution in [1.82, 2.24) is 19.9 Å². The van der Waals surface area contributed by atoms with Gasteiger partial charge in [-0.05, 0) is 12.0 Å². The molecule has 3 aromatic rings. The summed E-state index contributed by atoms with van der Waals surface area (Å²) in [5.74, 6) is 0.0308. The molecule has 0 aromatic carbocycles. The van der Waals surface area contributed by atoms with Crippen molar-refractivity contribution in [1.29, 1.82) is 0 Å². The van der Waals surface area contributed by atoms with E-state index in [0.717, 1.165) is 10.9 Å². The highest BCUT2D eigenvalue weighted by molar-refractivity contribution is 6.31. The first-order valence-corrected chi connectivity index (χ1v) is 9.25. The number of ketones is 1. The number of hydrogen-bond donors (Lipinski definition) is 2. The van der Waals surface area contributed by atoms with E-state index in [-0.39, 0.29) is 18.1 Å². The first-order chi connectivity index (χ1) is 13.3. The monoisotopic (exact) mass is 407 g/mol. The molecular formula is C19H20ClF2N5O. The Bertz CT molecular complexity index is 976. The van der Waals surface area contributed by atoms with Crippen molar-refractivity contribution in [3.8, 4) is 11.3 Å². The first kappa shape index (κ1) is 20.1. The number of Topliss-reactive ketones (excluding diaryl/α,β-unsaturated/α-hetero) is 1. The summed E-state index contributed by atoms with van der Waals surface area (Å²) < 4.78 is 24.9. The lowest BCUT2D eigenvalue weighted by Crippen LogP contribution is -2.35. The summed E-state index contributed by atoms with van der Waals surface area (Å²) in [6.45, 7) is 3.70. The van der Waals surface area contributed by atoms with Crippen LogP contribution in [-0.2, 0) is 4.79 Å². The summed E-state index contributed by atoms with van der Waals surface area (Å²) >= 11 is 6.04. The Morgan fingerprint density at radius 2 is 2.07 bits per heavy atom. The lowest BCUT2D eigenvalue weighted by molar-refractivity contribution is -0.121. The van der Waals surface area contributed by atoms with E-state index >= 15 is 0 Å². The highest BCUT2D eigenvalue weighted by Crippen LogP contribution is 2.28. The van der Waals surface area contributed by atoms with E-state index in [4.69, 9.17) is 11.6 Å². The molecule has 3 heterocycles. The van der Waals surface area contributed by atoms with E-state index in [2.05, 4.69) is 25.3 Å². The topological polar surface area (TPSA) is 83.6 Å². The van der Waals surface area contributed by atoms with Crippen LogP contribution in [0.4, 0.5) is 14.6 Å². The van der Waals surface area contributed by atoms with Gasteiger partial charge in [-0.1, -0.05) is 25.4 Å². The summed E-state index contributed by atoms with van der Waals surface area (Å²) in [7, 11) is 0. The lowest BCUT2D eigenvalue weighted by atomic mass is 9.97. The average molecular weight is 408 g/mol. The molecule has 148 valence electrons. The fraction of sp³-hybridized carbons (Fsp3) is 0.368. The Labute approximate surface area is 165 Å². The van der Waals surface area contributed by atoms with Crippen LogP contribution in [0.3, 0.4) is 0 Å². The van der Waals surface area contributed by atoms with E-state index in [0.29, 0.717) is 22.2 Å². The van der Waals surface area contributed by atoms with Gasteiger partial charge < -0.3 is 10.3 Å². The maximum absolute atomic E-state index is 12.4. The Hall–Kier alpha value is -2.61. The minimum absolute atomic E-state index is 0.0910. The molecule has 28 heavy (non-hydrogen) atoms. The van der Waals surface area contributed by atoms with Crippen molar-refractivity contribution in [2.75, 3.05) is 5.32 Å². The van der Waals surface area contributed by atoms with Gasteiger partial charge in [0.25, 0.3) is 0 Å². The molecule has 2 N–H and O–H groups in total. The Balaban J connectivity index is 1.85. The molecule has 0 bridgehead atoms. The van der Waals surface area contributed by atoms with Gasteiger partial charge in [-0.25, -0.2) is 18.7 Å². The van der Waals surface area contributed by atoms with E-state index in [1.807, 2.05) is 13.8 Å². The summed E-state index contributed by atoms with van der Waals surface area (Å²) in [6, 6.07) is 1.16. The number of nitrogens with zero attached hydrogens (tertiary/aromatic N) is 3. The van der Waals surface area contributed by atoms with Gasteiger partial charge in [0.2, 0.25) is 6.43 Å². The molecule has 0 saturated heterocycles. The number of aromatic amines is 1. The molecule has 0 unspecified atom stereocenters. The summed E-state index contributed by atoms with van der Waals surface area (Å²) in [6.07, 6.45) is 3.27.